The van der Waals surface area contributed by atoms with E-state index in [0.717, 1.165) is 33.3 Å². The fourth-order valence-corrected chi connectivity index (χ4v) is 3.69. The van der Waals surface area contributed by atoms with Crippen LogP contribution in [-0.2, 0) is 0 Å². The Balaban J connectivity index is 1.82. The molecule has 0 unspecified atom stereocenters. The van der Waals surface area contributed by atoms with Crippen molar-refractivity contribution in [3.8, 4) is 6.07 Å². The van der Waals surface area contributed by atoms with Crippen LogP contribution in [-0.4, -0.2) is 16.1 Å². The maximum absolute atomic E-state index is 8.96. The second-order valence-electron chi connectivity index (χ2n) is 5.69. The first kappa shape index (κ1) is 15.9. The summed E-state index contributed by atoms with van der Waals surface area (Å²) in [5.74, 6) is 0. The topological polar surface area (TPSA) is 52.3 Å². The summed E-state index contributed by atoms with van der Waals surface area (Å²) in [6.07, 6.45) is 8.68. The van der Waals surface area contributed by atoms with Gasteiger partial charge in [-0.3, -0.25) is 0 Å². The number of nitrogens with zero attached hydrogens (tertiary/aromatic N) is 4. The minimum absolute atomic E-state index is 0.454. The summed E-state index contributed by atoms with van der Waals surface area (Å²) < 4.78 is 0. The van der Waals surface area contributed by atoms with Gasteiger partial charge in [-0.25, -0.2) is 9.98 Å². The Morgan fingerprint density at radius 3 is 2.76 bits per heavy atom. The molecule has 0 aliphatic carbocycles. The monoisotopic (exact) mass is 364 g/mol. The van der Waals surface area contributed by atoms with Gasteiger partial charge in [0.1, 0.15) is 10.2 Å². The molecule has 0 bridgehead atoms. The van der Waals surface area contributed by atoms with Gasteiger partial charge in [0.15, 0.2) is 0 Å². The van der Waals surface area contributed by atoms with E-state index in [1.807, 2.05) is 42.8 Å². The van der Waals surface area contributed by atoms with Crippen LogP contribution in [0.1, 0.15) is 17.5 Å². The fraction of sp³-hybridized carbons (Fsp3) is 0.105. The molecule has 0 fully saturated rings. The van der Waals surface area contributed by atoms with Gasteiger partial charge < -0.3 is 4.90 Å². The van der Waals surface area contributed by atoms with Gasteiger partial charge in [0.2, 0.25) is 0 Å². The molecule has 3 heterocycles. The number of hydrogen-bond acceptors (Lipinski definition) is 5. The van der Waals surface area contributed by atoms with Crippen molar-refractivity contribution >= 4 is 35.1 Å². The molecule has 0 saturated carbocycles. The van der Waals surface area contributed by atoms with E-state index < -0.39 is 0 Å². The van der Waals surface area contributed by atoms with Crippen molar-refractivity contribution < 1.29 is 0 Å². The number of nitriles is 1. The SMILES string of the molecule is CSC1=C2CC(c3ccc(C#N)cc3)=CN2C=c2cc(Cl)ncc2=N1. The minimum atomic E-state index is 0.454. The molecule has 0 N–H and O–H groups in total. The van der Waals surface area contributed by atoms with Gasteiger partial charge in [0.25, 0.3) is 0 Å². The largest absolute Gasteiger partial charge is 0.324 e. The lowest BCUT2D eigenvalue weighted by Gasteiger charge is -2.13. The molecular weight excluding hydrogens is 352 g/mol. The minimum Gasteiger partial charge on any atom is -0.324 e. The molecule has 0 amide bonds. The Morgan fingerprint density at radius 1 is 1.24 bits per heavy atom. The number of rotatable bonds is 2. The van der Waals surface area contributed by atoms with Gasteiger partial charge >= 0.3 is 0 Å². The van der Waals surface area contributed by atoms with Crippen LogP contribution in [0.4, 0.5) is 0 Å². The number of aromatic nitrogens is 1. The number of fused-ring (bicyclic) bond motifs is 2. The molecule has 122 valence electrons. The van der Waals surface area contributed by atoms with E-state index in [9.17, 15) is 0 Å². The number of halogens is 1. The highest BCUT2D eigenvalue weighted by Crippen LogP contribution is 2.37. The van der Waals surface area contributed by atoms with Crippen molar-refractivity contribution in [3.63, 3.8) is 0 Å². The molecule has 1 aromatic carbocycles. The van der Waals surface area contributed by atoms with Gasteiger partial charge in [0, 0.05) is 24.0 Å². The average Bonchev–Trinajstić information content (AvgIpc) is 2.99. The number of pyridine rings is 1. The first-order valence-corrected chi connectivity index (χ1v) is 9.27. The summed E-state index contributed by atoms with van der Waals surface area (Å²) in [5.41, 5.74) is 4.11. The number of thioether (sulfide) groups is 1. The van der Waals surface area contributed by atoms with Gasteiger partial charge in [-0.1, -0.05) is 23.7 Å². The van der Waals surface area contributed by atoms with Gasteiger partial charge in [-0.2, -0.15) is 5.26 Å². The van der Waals surface area contributed by atoms with E-state index in [4.69, 9.17) is 21.9 Å². The van der Waals surface area contributed by atoms with Crippen LogP contribution in [0.5, 0.6) is 0 Å². The van der Waals surface area contributed by atoms with Crippen molar-refractivity contribution in [1.29, 1.82) is 5.26 Å². The third-order valence-corrected chi connectivity index (χ3v) is 5.09. The molecule has 2 aliphatic rings. The van der Waals surface area contributed by atoms with Crippen molar-refractivity contribution in [3.05, 3.63) is 80.3 Å². The van der Waals surface area contributed by atoms with Gasteiger partial charge in [-0.05, 0) is 35.6 Å². The van der Waals surface area contributed by atoms with E-state index in [1.165, 1.54) is 5.57 Å². The lowest BCUT2D eigenvalue weighted by molar-refractivity contribution is 0.695. The van der Waals surface area contributed by atoms with Crippen LogP contribution in [0.15, 0.2) is 58.4 Å². The van der Waals surface area contributed by atoms with Crippen LogP contribution >= 0.6 is 23.4 Å². The van der Waals surface area contributed by atoms with Crippen molar-refractivity contribution in [2.75, 3.05) is 6.26 Å². The quantitative estimate of drug-likeness (QED) is 0.767. The zero-order valence-corrected chi connectivity index (χ0v) is 15.0. The maximum Gasteiger partial charge on any atom is 0.129 e. The first-order chi connectivity index (χ1) is 12.2. The molecule has 6 heteroatoms. The zero-order chi connectivity index (χ0) is 17.4. The second-order valence-corrected chi connectivity index (χ2v) is 6.87. The normalized spacial score (nSPS) is 15.4. The number of allylic oxidation sites excluding steroid dienone is 1. The van der Waals surface area contributed by atoms with E-state index in [1.54, 1.807) is 18.0 Å². The fourth-order valence-electron chi connectivity index (χ4n) is 2.92. The Morgan fingerprint density at radius 2 is 2.04 bits per heavy atom. The summed E-state index contributed by atoms with van der Waals surface area (Å²) >= 11 is 7.67. The smallest absolute Gasteiger partial charge is 0.129 e. The summed E-state index contributed by atoms with van der Waals surface area (Å²) in [6, 6.07) is 11.6. The van der Waals surface area contributed by atoms with Crippen LogP contribution in [0.2, 0.25) is 5.15 Å². The Kier molecular flexibility index (Phi) is 4.08. The van der Waals surface area contributed by atoms with Crippen LogP contribution in [0.3, 0.4) is 0 Å². The van der Waals surface area contributed by atoms with Crippen LogP contribution in [0.25, 0.3) is 11.8 Å². The molecule has 4 nitrogen and oxygen atoms in total. The van der Waals surface area contributed by atoms with Crippen molar-refractivity contribution in [1.82, 2.24) is 9.88 Å². The summed E-state index contributed by atoms with van der Waals surface area (Å²) in [5, 5.41) is 12.2. The van der Waals surface area contributed by atoms with Gasteiger partial charge in [-0.15, -0.1) is 11.8 Å². The molecule has 0 atom stereocenters. The van der Waals surface area contributed by atoms with E-state index in [2.05, 4.69) is 22.2 Å². The lowest BCUT2D eigenvalue weighted by atomic mass is 10.0. The predicted octanol–water partition coefficient (Wildman–Crippen LogP) is 3.26. The first-order valence-electron chi connectivity index (χ1n) is 7.67. The second kappa shape index (κ2) is 6.40. The van der Waals surface area contributed by atoms with Crippen LogP contribution < -0.4 is 10.6 Å². The molecule has 1 aromatic heterocycles. The van der Waals surface area contributed by atoms with Crippen LogP contribution in [0, 0.1) is 11.3 Å². The van der Waals surface area contributed by atoms with E-state index in [-0.39, 0.29) is 0 Å². The average molecular weight is 365 g/mol. The standard InChI is InChI=1S/C19H13ClN4S/c1-25-19-17-6-14(13-4-2-12(8-21)3-5-13)10-24(17)11-15-7-18(20)22-9-16(15)23-19/h2-5,7,9-11H,6H2,1H3. The van der Waals surface area contributed by atoms with Gasteiger partial charge in [0.05, 0.1) is 28.9 Å². The summed E-state index contributed by atoms with van der Waals surface area (Å²) in [4.78, 5) is 11.0. The highest BCUT2D eigenvalue weighted by atomic mass is 35.5. The Hall–Kier alpha value is -2.55. The zero-order valence-electron chi connectivity index (χ0n) is 13.4. The molecule has 2 aliphatic heterocycles. The number of benzene rings is 1. The third-order valence-electron chi connectivity index (χ3n) is 4.17. The Labute approximate surface area is 154 Å². The molecule has 4 rings (SSSR count). The molecular formula is C19H13ClN4S. The molecule has 25 heavy (non-hydrogen) atoms. The van der Waals surface area contributed by atoms with Crippen molar-refractivity contribution in [2.45, 2.75) is 6.42 Å². The highest BCUT2D eigenvalue weighted by molar-refractivity contribution is 8.02. The van der Waals surface area contributed by atoms with E-state index >= 15 is 0 Å². The molecule has 0 saturated heterocycles. The summed E-state index contributed by atoms with van der Waals surface area (Å²) in [6.45, 7) is 0. The number of hydrogen-bond donors (Lipinski definition) is 0. The third kappa shape index (κ3) is 2.95. The Bertz CT molecular complexity index is 1080. The lowest BCUT2D eigenvalue weighted by Crippen LogP contribution is -2.26. The maximum atomic E-state index is 8.96. The molecule has 0 radical (unpaired) electrons. The van der Waals surface area contributed by atoms with E-state index in [0.29, 0.717) is 10.7 Å². The predicted molar refractivity (Wildman–Crippen MR) is 101 cm³/mol. The van der Waals surface area contributed by atoms with Crippen molar-refractivity contribution in [2.24, 2.45) is 4.99 Å². The molecule has 0 spiro atoms. The highest BCUT2D eigenvalue weighted by Gasteiger charge is 2.23. The summed E-state index contributed by atoms with van der Waals surface area (Å²) in [7, 11) is 0. The molecule has 2 aromatic rings.